The summed E-state index contributed by atoms with van der Waals surface area (Å²) < 4.78 is 4.75. The molecule has 12 rings (SSSR count). The predicted molar refractivity (Wildman–Crippen MR) is 284 cm³/mol. The van der Waals surface area contributed by atoms with Crippen molar-refractivity contribution < 1.29 is 0 Å². The lowest BCUT2D eigenvalue weighted by Crippen LogP contribution is -1.96. The van der Waals surface area contributed by atoms with Crippen LogP contribution in [0.1, 0.15) is 11.1 Å². The van der Waals surface area contributed by atoms with Crippen molar-refractivity contribution >= 4 is 72.3 Å². The van der Waals surface area contributed by atoms with Crippen LogP contribution in [0, 0.1) is 0 Å². The summed E-state index contributed by atoms with van der Waals surface area (Å²) in [6, 6.07) is 79.7. The predicted octanol–water partition coefficient (Wildman–Crippen LogP) is 16.7. The monoisotopic (exact) mass is 874 g/mol. The molecule has 0 unspecified atom stereocenters. The molecule has 3 heterocycles. The lowest BCUT2D eigenvalue weighted by atomic mass is 9.98. The Morgan fingerprint density at radius 1 is 0.418 bits per heavy atom. The summed E-state index contributed by atoms with van der Waals surface area (Å²) in [6.45, 7) is 4.51. The van der Waals surface area contributed by atoms with Crippen LogP contribution < -0.4 is 0 Å². The molecule has 0 saturated carbocycles. The largest absolute Gasteiger partial charge is 0.309 e. The molecule has 12 aromatic rings. The van der Waals surface area contributed by atoms with Crippen LogP contribution >= 0.6 is 11.3 Å². The lowest BCUT2D eigenvalue weighted by Gasteiger charge is -2.14. The minimum absolute atomic E-state index is 0.875. The molecular weight excluding hydrogens is 833 g/mol. The maximum Gasteiger partial charge on any atom is 0.148 e. The van der Waals surface area contributed by atoms with E-state index in [4.69, 9.17) is 10.2 Å². The molecule has 0 saturated heterocycles. The first-order valence-corrected chi connectivity index (χ1v) is 23.3. The number of rotatable bonds is 10. The zero-order chi connectivity index (χ0) is 44.7. The van der Waals surface area contributed by atoms with Gasteiger partial charge in [0.1, 0.15) is 10.0 Å². The van der Waals surface area contributed by atoms with Crippen LogP contribution in [0.4, 0.5) is 0 Å². The van der Waals surface area contributed by atoms with Crippen molar-refractivity contribution in [2.24, 2.45) is 0 Å². The van der Waals surface area contributed by atoms with Crippen molar-refractivity contribution in [1.29, 1.82) is 0 Å². The summed E-state index contributed by atoms with van der Waals surface area (Å²) >= 11 is 1.62. The van der Waals surface area contributed by atoms with Crippen molar-refractivity contribution in [3.05, 3.63) is 254 Å². The highest BCUT2D eigenvalue weighted by atomic mass is 32.1. The van der Waals surface area contributed by atoms with Crippen LogP contribution in [0.2, 0.25) is 0 Å². The van der Waals surface area contributed by atoms with Gasteiger partial charge in [0, 0.05) is 44.1 Å². The Bertz CT molecular complexity index is 3800. The van der Waals surface area contributed by atoms with Crippen LogP contribution in [-0.2, 0) is 0 Å². The van der Waals surface area contributed by atoms with Gasteiger partial charge in [-0.05, 0) is 118 Å². The second-order valence-corrected chi connectivity index (χ2v) is 17.8. The van der Waals surface area contributed by atoms with Gasteiger partial charge in [-0.2, -0.15) is 0 Å². The van der Waals surface area contributed by atoms with Gasteiger partial charge in [-0.15, -0.1) is 10.2 Å². The Kier molecular flexibility index (Phi) is 10.2. The van der Waals surface area contributed by atoms with Gasteiger partial charge in [-0.1, -0.05) is 182 Å². The zero-order valence-corrected chi connectivity index (χ0v) is 37.3. The van der Waals surface area contributed by atoms with Gasteiger partial charge >= 0.3 is 0 Å². The maximum atomic E-state index is 4.82. The Labute approximate surface area is 393 Å². The third-order valence-corrected chi connectivity index (χ3v) is 13.6. The van der Waals surface area contributed by atoms with Crippen LogP contribution in [0.5, 0.6) is 0 Å². The normalized spacial score (nSPS) is 12.0. The molecule has 9 aromatic carbocycles. The molecule has 0 aliphatic rings. The summed E-state index contributed by atoms with van der Waals surface area (Å²) in [5.41, 5.74) is 16.6. The highest BCUT2D eigenvalue weighted by Crippen LogP contribution is 2.41. The SMILES string of the molecule is C=C(/C=C(\C=C\c1ccccc1)n1c2ccccc2c2cc(-c3nnc(-c4ccc5c(c4)c4ccccc4n5-c4cc(-c5ccccc5)cc(-c5ccccc5)c4)s3)ccc21)c1ccccc1. The van der Waals surface area contributed by atoms with Crippen LogP contribution in [0.25, 0.3) is 110 Å². The van der Waals surface area contributed by atoms with E-state index >= 15 is 0 Å². The minimum atomic E-state index is 0.875. The molecule has 5 heteroatoms. The summed E-state index contributed by atoms with van der Waals surface area (Å²) in [5.74, 6) is 0. The van der Waals surface area contributed by atoms with E-state index in [1.54, 1.807) is 11.3 Å². The zero-order valence-electron chi connectivity index (χ0n) is 36.5. The molecule has 0 spiro atoms. The van der Waals surface area contributed by atoms with Crippen LogP contribution in [0.3, 0.4) is 0 Å². The smallest absolute Gasteiger partial charge is 0.148 e. The van der Waals surface area contributed by atoms with Crippen molar-refractivity contribution in [1.82, 2.24) is 19.3 Å². The first kappa shape index (κ1) is 39.9. The molecule has 4 nitrogen and oxygen atoms in total. The molecule has 316 valence electrons. The van der Waals surface area contributed by atoms with Gasteiger partial charge in [-0.25, -0.2) is 0 Å². The first-order chi connectivity index (χ1) is 33.1. The first-order valence-electron chi connectivity index (χ1n) is 22.5. The molecule has 0 radical (unpaired) electrons. The molecule has 0 fully saturated rings. The summed E-state index contributed by atoms with van der Waals surface area (Å²) in [6.07, 6.45) is 6.55. The molecule has 0 amide bonds. The van der Waals surface area contributed by atoms with E-state index in [1.807, 2.05) is 12.1 Å². The second kappa shape index (κ2) is 17.1. The Morgan fingerprint density at radius 2 is 0.896 bits per heavy atom. The van der Waals surface area contributed by atoms with Crippen LogP contribution in [0.15, 0.2) is 243 Å². The van der Waals surface area contributed by atoms with E-state index in [0.29, 0.717) is 0 Å². The molecular formula is C62H42N4S. The Morgan fingerprint density at radius 3 is 1.52 bits per heavy atom. The number of fused-ring (bicyclic) bond motifs is 6. The van der Waals surface area contributed by atoms with Gasteiger partial charge in [0.2, 0.25) is 0 Å². The van der Waals surface area contributed by atoms with Crippen molar-refractivity contribution in [2.75, 3.05) is 0 Å². The molecule has 0 N–H and O–H groups in total. The van der Waals surface area contributed by atoms with E-state index in [-0.39, 0.29) is 0 Å². The molecule has 67 heavy (non-hydrogen) atoms. The Hall–Kier alpha value is -8.64. The average molecular weight is 875 g/mol. The minimum Gasteiger partial charge on any atom is -0.309 e. The van der Waals surface area contributed by atoms with E-state index in [0.717, 1.165) is 76.7 Å². The number of benzene rings is 9. The third kappa shape index (κ3) is 7.47. The highest BCUT2D eigenvalue weighted by molar-refractivity contribution is 7.17. The average Bonchev–Trinajstić information content (AvgIpc) is 4.12. The number of para-hydroxylation sites is 2. The van der Waals surface area contributed by atoms with Crippen molar-refractivity contribution in [3.8, 4) is 49.1 Å². The van der Waals surface area contributed by atoms with Crippen molar-refractivity contribution in [3.63, 3.8) is 0 Å². The molecule has 0 aliphatic carbocycles. The highest BCUT2D eigenvalue weighted by Gasteiger charge is 2.19. The third-order valence-electron chi connectivity index (χ3n) is 12.6. The van der Waals surface area contributed by atoms with E-state index in [1.165, 1.54) is 38.4 Å². The molecule has 0 aliphatic heterocycles. The Balaban J connectivity index is 0.942. The summed E-state index contributed by atoms with van der Waals surface area (Å²) in [5, 5.41) is 16.1. The van der Waals surface area contributed by atoms with E-state index in [2.05, 4.69) is 246 Å². The standard InChI is InChI=1S/C62H42N4S/c1-42(44-20-8-3-9-21-44)36-51(33-30-43-18-6-2-7-19-43)65-57-28-16-14-26-53(57)55-40-47(31-34-59(55)65)61-63-64-62(67-61)48-32-35-60-56(41-48)54-27-15-17-29-58(54)66(60)52-38-49(45-22-10-4-11-23-45)37-50(39-52)46-24-12-5-13-25-46/h2-41H,1H2/b33-30+,51-36+. The number of hydrogen-bond donors (Lipinski definition) is 0. The number of hydrogen-bond acceptors (Lipinski definition) is 3. The molecule has 3 aromatic heterocycles. The van der Waals surface area contributed by atoms with Gasteiger partial charge in [0.05, 0.1) is 22.1 Å². The van der Waals surface area contributed by atoms with Crippen molar-refractivity contribution in [2.45, 2.75) is 0 Å². The lowest BCUT2D eigenvalue weighted by molar-refractivity contribution is 1.10. The van der Waals surface area contributed by atoms with Crippen LogP contribution in [-0.4, -0.2) is 19.3 Å². The summed E-state index contributed by atoms with van der Waals surface area (Å²) in [7, 11) is 0. The molecule has 0 atom stereocenters. The van der Waals surface area contributed by atoms with Gasteiger partial charge in [0.25, 0.3) is 0 Å². The number of nitrogens with zero attached hydrogens (tertiary/aromatic N) is 4. The van der Waals surface area contributed by atoms with Gasteiger partial charge in [0.15, 0.2) is 0 Å². The van der Waals surface area contributed by atoms with Gasteiger partial charge in [-0.3, -0.25) is 0 Å². The fourth-order valence-corrected chi connectivity index (χ4v) is 10.2. The number of allylic oxidation sites excluding steroid dienone is 4. The quantitative estimate of drug-likeness (QED) is 0.128. The second-order valence-electron chi connectivity index (χ2n) is 16.8. The van der Waals surface area contributed by atoms with Gasteiger partial charge < -0.3 is 9.13 Å². The molecule has 0 bridgehead atoms. The fourth-order valence-electron chi connectivity index (χ4n) is 9.41. The maximum absolute atomic E-state index is 4.82. The van der Waals surface area contributed by atoms with E-state index in [9.17, 15) is 0 Å². The topological polar surface area (TPSA) is 35.6 Å². The fraction of sp³-hybridized carbons (Fsp3) is 0. The summed E-state index contributed by atoms with van der Waals surface area (Å²) in [4.78, 5) is 0. The number of aromatic nitrogens is 4. The van der Waals surface area contributed by atoms with E-state index < -0.39 is 0 Å².